The molecule has 8 bridgehead atoms. The van der Waals surface area contributed by atoms with E-state index in [1.165, 1.54) is 44.7 Å². The lowest BCUT2D eigenvalue weighted by Crippen LogP contribution is -2.46. The van der Waals surface area contributed by atoms with E-state index in [4.69, 9.17) is 52.3 Å². The molecular formula is C66H65F2N9O14. The van der Waals surface area contributed by atoms with Crippen molar-refractivity contribution in [2.24, 2.45) is 28.4 Å². The van der Waals surface area contributed by atoms with Gasteiger partial charge in [0.1, 0.15) is 64.7 Å². The fraction of sp³-hybridized carbons (Fsp3) is 0.379. The van der Waals surface area contributed by atoms with E-state index < -0.39 is 99.5 Å². The average molecular weight is 1250 g/mol. The average Bonchev–Trinajstić information content (AvgIpc) is 1.54. The quantitative estimate of drug-likeness (QED) is 0.0773. The molecule has 7 N–H and O–H groups in total. The van der Waals surface area contributed by atoms with E-state index >= 15 is 4.39 Å². The van der Waals surface area contributed by atoms with Gasteiger partial charge >= 0.3 is 11.9 Å². The Hall–Kier alpha value is -9.75. The zero-order valence-electron chi connectivity index (χ0n) is 51.2. The van der Waals surface area contributed by atoms with Gasteiger partial charge in [-0.1, -0.05) is 79.7 Å². The first-order valence-electron chi connectivity index (χ1n) is 29.6. The molecule has 23 nitrogen and oxygen atoms in total. The first kappa shape index (κ1) is 60.2. The lowest BCUT2D eigenvalue weighted by Gasteiger charge is -2.32. The minimum atomic E-state index is -1.34. The highest BCUT2D eigenvalue weighted by atomic mass is 19.1. The van der Waals surface area contributed by atoms with Crippen molar-refractivity contribution in [1.29, 1.82) is 0 Å². The molecule has 0 radical (unpaired) electrons. The number of anilines is 2. The third-order valence-corrected chi connectivity index (χ3v) is 17.7. The number of aliphatic hydroxyl groups is 1. The summed E-state index contributed by atoms with van der Waals surface area (Å²) in [5.74, 6) is -3.11. The fourth-order valence-electron chi connectivity index (χ4n) is 13.1. The van der Waals surface area contributed by atoms with Crippen molar-refractivity contribution < 1.29 is 74.5 Å². The summed E-state index contributed by atoms with van der Waals surface area (Å²) in [6, 6.07) is 17.4. The van der Waals surface area contributed by atoms with E-state index in [1.54, 1.807) is 38.1 Å². The third kappa shape index (κ3) is 9.77. The van der Waals surface area contributed by atoms with Crippen LogP contribution in [0.4, 0.5) is 20.2 Å². The van der Waals surface area contributed by atoms with Crippen molar-refractivity contribution in [2.75, 3.05) is 24.9 Å². The van der Waals surface area contributed by atoms with E-state index in [0.29, 0.717) is 50.7 Å². The van der Waals surface area contributed by atoms with Gasteiger partial charge in [0, 0.05) is 46.0 Å². The largest absolute Gasteiger partial charge is 0.469 e. The van der Waals surface area contributed by atoms with E-state index in [2.05, 4.69) is 31.2 Å². The molecule has 4 aromatic heterocycles. The number of oxazole rings is 4. The number of Topliss-reactive ketones (excluding diaryl/α,β-unsaturated/α-hetero) is 1. The second kappa shape index (κ2) is 21.7. The summed E-state index contributed by atoms with van der Waals surface area (Å²) in [5.41, 5.74) is 7.75. The van der Waals surface area contributed by atoms with Gasteiger partial charge in [-0.3, -0.25) is 14.4 Å². The number of methoxy groups -OCH3 is 2. The molecule has 91 heavy (non-hydrogen) atoms. The van der Waals surface area contributed by atoms with E-state index in [9.17, 15) is 33.5 Å². The predicted octanol–water partition coefficient (Wildman–Crippen LogP) is 8.91. The number of nitrogens with zero attached hydrogens (tertiary/aromatic N) is 4. The molecule has 4 aromatic carbocycles. The number of hydrogen-bond acceptors (Lipinski definition) is 21. The van der Waals surface area contributed by atoms with Gasteiger partial charge in [0.15, 0.2) is 52.5 Å². The number of halogens is 2. The summed E-state index contributed by atoms with van der Waals surface area (Å²) in [6.07, 6.45) is -0.276. The molecule has 2 spiro atoms. The maximum atomic E-state index is 15.2. The number of amides is 2. The molecular weight excluding hydrogens is 1180 g/mol. The number of carbonyl (C=O) groups excluding carboxylic acids is 5. The van der Waals surface area contributed by atoms with Crippen molar-refractivity contribution >= 4 is 40.9 Å². The van der Waals surface area contributed by atoms with Gasteiger partial charge in [0.05, 0.1) is 20.3 Å². The molecule has 6 aliphatic rings. The van der Waals surface area contributed by atoms with Crippen LogP contribution in [0.25, 0.3) is 23.2 Å². The number of ether oxygens (including phenoxy) is 4. The van der Waals surface area contributed by atoms with Crippen LogP contribution >= 0.6 is 0 Å². The summed E-state index contributed by atoms with van der Waals surface area (Å²) in [7, 11) is 2.46. The normalized spacial score (nSPS) is 23.4. The summed E-state index contributed by atoms with van der Waals surface area (Å²) in [5, 5.41) is 23.4. The first-order valence-corrected chi connectivity index (χ1v) is 29.6. The molecule has 8 aromatic rings. The van der Waals surface area contributed by atoms with Crippen LogP contribution in [0.15, 0.2) is 103 Å². The van der Waals surface area contributed by atoms with Crippen molar-refractivity contribution in [3.05, 3.63) is 165 Å². The van der Waals surface area contributed by atoms with Crippen LogP contribution in [0.3, 0.4) is 0 Å². The smallest absolute Gasteiger partial charge is 0.360 e. The Morgan fingerprint density at radius 2 is 1.09 bits per heavy atom. The fourth-order valence-corrected chi connectivity index (χ4v) is 13.1. The number of aromatic nitrogens is 4. The zero-order chi connectivity index (χ0) is 64.5. The summed E-state index contributed by atoms with van der Waals surface area (Å²) >= 11 is 0. The highest BCUT2D eigenvalue weighted by Crippen LogP contribution is 2.62. The number of carbonyl (C=O) groups is 5. The van der Waals surface area contributed by atoms with Crippen LogP contribution in [0.2, 0.25) is 0 Å². The number of nitrogens with two attached hydrogens (primary N) is 1. The standard InChI is InChI=1S/C36H37FN4O8.C30H28FN5O6/c1-16(2)27(43)24(42)13-18-11-17-7-10-25-21(12-17)36(20-14-19(37)8-9-22(20)39-34(36)48-25)29-26(31-38-23(15-47-31)33(45)46-6)40-32(49-29)28(35(3,4)5)41-30(18)44;1-29(2,3)22-26-35-21(25-33-19(12-40-25)27(38)39-4)23(42-26)30-15-11-14(31)6-7-18(15)34-28(30)41-20-8-5-13(9-16(20)30)10-17(32)24(37)36-22/h7-10,12,14-16,18,27-28,34,39,43H,11,13H2,1-6H3,(H,41,44);5-9,11-12,17,22,28,34H,10,32H2,1-4H3,(H,36,37)/t18-,27+,28-,34-,36+;17-,22+,28+,30-/m10/s1. The zero-order valence-corrected chi connectivity index (χ0v) is 51.2. The number of esters is 2. The minimum absolute atomic E-state index is 0.0199. The number of nitrogens with one attached hydrogen (secondary N) is 4. The van der Waals surface area contributed by atoms with Gasteiger partial charge in [-0.05, 0) is 89.2 Å². The second-order valence-corrected chi connectivity index (χ2v) is 26.1. The maximum absolute atomic E-state index is 15.2. The van der Waals surface area contributed by atoms with Gasteiger partial charge in [0.25, 0.3) is 0 Å². The van der Waals surface area contributed by atoms with Crippen molar-refractivity contribution in [1.82, 2.24) is 30.6 Å². The molecule has 0 saturated heterocycles. The van der Waals surface area contributed by atoms with E-state index in [0.717, 1.165) is 11.8 Å². The van der Waals surface area contributed by atoms with Crippen molar-refractivity contribution in [2.45, 2.75) is 122 Å². The lowest BCUT2D eigenvalue weighted by molar-refractivity contribution is -0.135. The summed E-state index contributed by atoms with van der Waals surface area (Å²) in [4.78, 5) is 83.8. The van der Waals surface area contributed by atoms with Crippen molar-refractivity contribution in [3.63, 3.8) is 0 Å². The number of fused-ring (bicyclic) bond motifs is 8. The third-order valence-electron chi connectivity index (χ3n) is 17.7. The van der Waals surface area contributed by atoms with Crippen LogP contribution in [0.1, 0.15) is 152 Å². The second-order valence-electron chi connectivity index (χ2n) is 26.1. The van der Waals surface area contributed by atoms with Gasteiger partial charge in [-0.15, -0.1) is 0 Å². The summed E-state index contributed by atoms with van der Waals surface area (Å²) < 4.78 is 77.7. The molecule has 25 heteroatoms. The Morgan fingerprint density at radius 1 is 0.637 bits per heavy atom. The lowest BCUT2D eigenvalue weighted by atomic mass is 9.72. The molecule has 6 aliphatic heterocycles. The number of ketones is 1. The first-order chi connectivity index (χ1) is 43.2. The highest BCUT2D eigenvalue weighted by Gasteiger charge is 2.63. The SMILES string of the molecule is COC(=O)c1coc(-c2nc3oc2[C@@]24c5cc(F)ccc5N[C@@H]2Oc2ccc(cc24)C[C@H](CC(=O)[C@@H](O)C(C)C)C(=O)N[C@H]3C(C)(C)C)n1.COC(=O)c1coc(-c2nc3oc2[C@@]24c5cc(F)ccc5N[C@@H]2Oc2ccc(cc24)C[C@H](N)C(=O)N[C@H]3C(C)(C)C)n1. The molecule has 10 heterocycles. The number of rotatable bonds is 8. The Kier molecular flexibility index (Phi) is 14.4. The number of aliphatic hydroxyl groups excluding tert-OH is 1. The van der Waals surface area contributed by atoms with Gasteiger partial charge < -0.3 is 68.7 Å². The van der Waals surface area contributed by atoms with Gasteiger partial charge in [-0.2, -0.15) is 0 Å². The summed E-state index contributed by atoms with van der Waals surface area (Å²) in [6.45, 7) is 15.0. The van der Waals surface area contributed by atoms with Gasteiger partial charge in [-0.25, -0.2) is 38.3 Å². The molecule has 0 aliphatic carbocycles. The predicted molar refractivity (Wildman–Crippen MR) is 318 cm³/mol. The molecule has 9 atom stereocenters. The Balaban J connectivity index is 0.000000168. The van der Waals surface area contributed by atoms with Crippen LogP contribution in [0, 0.1) is 34.3 Å². The topological polar surface area (TPSA) is 321 Å². The Labute approximate surface area is 519 Å². The molecule has 2 amide bonds. The monoisotopic (exact) mass is 1250 g/mol. The van der Waals surface area contributed by atoms with Crippen LogP contribution < -0.4 is 36.5 Å². The number of benzene rings is 4. The Morgan fingerprint density at radius 3 is 1.53 bits per heavy atom. The van der Waals surface area contributed by atoms with E-state index in [-0.39, 0.29) is 88.9 Å². The molecule has 0 unspecified atom stereocenters. The number of hydrogen-bond donors (Lipinski definition) is 6. The molecule has 0 fully saturated rings. The Bertz CT molecular complexity index is 4310. The van der Waals surface area contributed by atoms with Crippen LogP contribution in [-0.2, 0) is 47.5 Å². The maximum Gasteiger partial charge on any atom is 0.360 e. The molecule has 14 rings (SSSR count). The molecule has 472 valence electrons. The van der Waals surface area contributed by atoms with E-state index in [1.807, 2.05) is 65.8 Å². The highest BCUT2D eigenvalue weighted by molar-refractivity contribution is 5.91. The minimum Gasteiger partial charge on any atom is -0.469 e. The van der Waals surface area contributed by atoms with Crippen LogP contribution in [0.5, 0.6) is 11.5 Å². The molecule has 0 saturated carbocycles. The van der Waals surface area contributed by atoms with Crippen molar-refractivity contribution in [3.8, 4) is 34.7 Å². The van der Waals surface area contributed by atoms with Gasteiger partial charge in [0.2, 0.25) is 35.4 Å². The van der Waals surface area contributed by atoms with Crippen LogP contribution in [-0.4, -0.2) is 93.4 Å².